The van der Waals surface area contributed by atoms with Crippen LogP contribution in [0.1, 0.15) is 44.1 Å². The summed E-state index contributed by atoms with van der Waals surface area (Å²) in [6.07, 6.45) is 4.26. The van der Waals surface area contributed by atoms with Crippen LogP contribution in [0.5, 0.6) is 0 Å². The summed E-state index contributed by atoms with van der Waals surface area (Å²) in [7, 11) is 2.04. The Morgan fingerprint density at radius 2 is 2.00 bits per heavy atom. The van der Waals surface area contributed by atoms with E-state index in [4.69, 9.17) is 4.52 Å². The molecule has 0 saturated carbocycles. The maximum Gasteiger partial charge on any atom is 0.315 e. The number of carbonyl (C=O) groups is 1. The highest BCUT2D eigenvalue weighted by Gasteiger charge is 2.20. The lowest BCUT2D eigenvalue weighted by atomic mass is 9.93. The van der Waals surface area contributed by atoms with E-state index in [0.717, 1.165) is 31.2 Å². The van der Waals surface area contributed by atoms with E-state index in [1.54, 1.807) is 0 Å². The van der Waals surface area contributed by atoms with E-state index < -0.39 is 0 Å². The minimum atomic E-state index is -0.160. The van der Waals surface area contributed by atoms with Crippen molar-refractivity contribution in [3.8, 4) is 0 Å². The zero-order valence-electron chi connectivity index (χ0n) is 9.69. The van der Waals surface area contributed by atoms with Crippen molar-refractivity contribution < 1.29 is 9.32 Å². The number of hydrogen-bond donors (Lipinski definition) is 0. The Kier molecular flexibility index (Phi) is 6.10. The van der Waals surface area contributed by atoms with Crippen LogP contribution < -0.4 is 0 Å². The summed E-state index contributed by atoms with van der Waals surface area (Å²) in [5, 5.41) is 0. The largest absolute Gasteiger partial charge is 0.451 e. The third-order valence-corrected chi connectivity index (χ3v) is 2.93. The average Bonchev–Trinajstić information content (AvgIpc) is 2.35. The van der Waals surface area contributed by atoms with Gasteiger partial charge < -0.3 is 4.52 Å². The fraction of sp³-hybridized carbons (Fsp3) is 0.462. The molecule has 0 aliphatic heterocycles. The van der Waals surface area contributed by atoms with Gasteiger partial charge >= 0.3 is 5.97 Å². The first-order chi connectivity index (χ1) is 7.79. The first-order valence-corrected chi connectivity index (χ1v) is 6.22. The molecule has 0 bridgehead atoms. The predicted octanol–water partition coefficient (Wildman–Crippen LogP) is 3.68. The van der Waals surface area contributed by atoms with Gasteiger partial charge in [0.2, 0.25) is 0 Å². The normalized spacial score (nSPS) is 12.1. The highest BCUT2D eigenvalue weighted by Crippen LogP contribution is 2.24. The molecule has 1 aromatic rings. The maximum atomic E-state index is 11.7. The maximum absolute atomic E-state index is 11.7. The van der Waals surface area contributed by atoms with Crippen LogP contribution >= 0.6 is 9.47 Å². The molecule has 2 atom stereocenters. The van der Waals surface area contributed by atoms with E-state index in [2.05, 4.69) is 6.92 Å². The molecular weight excluding hydrogens is 219 g/mol. The highest BCUT2D eigenvalue weighted by molar-refractivity contribution is 7.10. The third-order valence-electron chi connectivity index (χ3n) is 2.70. The van der Waals surface area contributed by atoms with Crippen LogP contribution in [0.15, 0.2) is 30.3 Å². The van der Waals surface area contributed by atoms with Gasteiger partial charge in [0.25, 0.3) is 0 Å². The molecule has 0 aliphatic rings. The lowest BCUT2D eigenvalue weighted by Gasteiger charge is -2.14. The second kappa shape index (κ2) is 7.40. The molecule has 0 radical (unpaired) electrons. The molecule has 0 N–H and O–H groups in total. The highest BCUT2D eigenvalue weighted by atomic mass is 31.0. The van der Waals surface area contributed by atoms with Gasteiger partial charge in [0.05, 0.1) is 15.4 Å². The number of benzene rings is 1. The molecule has 0 aromatic heterocycles. The molecule has 0 fully saturated rings. The molecular formula is C13H19O2P. The van der Waals surface area contributed by atoms with Gasteiger partial charge in [0, 0.05) is 0 Å². The molecule has 3 heteroatoms. The second-order valence-corrected chi connectivity index (χ2v) is 4.13. The van der Waals surface area contributed by atoms with E-state index >= 15 is 0 Å². The van der Waals surface area contributed by atoms with Gasteiger partial charge in [0.1, 0.15) is 0 Å². The van der Waals surface area contributed by atoms with Crippen LogP contribution in [-0.2, 0) is 9.32 Å². The van der Waals surface area contributed by atoms with E-state index in [1.807, 2.05) is 39.8 Å². The van der Waals surface area contributed by atoms with E-state index in [-0.39, 0.29) is 11.9 Å². The Hall–Kier alpha value is -0.880. The molecule has 2 nitrogen and oxygen atoms in total. The van der Waals surface area contributed by atoms with Gasteiger partial charge in [-0.2, -0.15) is 0 Å². The smallest absolute Gasteiger partial charge is 0.315 e. The zero-order valence-corrected chi connectivity index (χ0v) is 10.8. The Labute approximate surface area is 99.7 Å². The summed E-state index contributed by atoms with van der Waals surface area (Å²) in [4.78, 5) is 11.7. The molecule has 2 unspecified atom stereocenters. The number of rotatable bonds is 6. The van der Waals surface area contributed by atoms with Crippen LogP contribution in [0, 0.1) is 0 Å². The van der Waals surface area contributed by atoms with Gasteiger partial charge in [-0.15, -0.1) is 0 Å². The molecule has 1 aromatic carbocycles. The Morgan fingerprint density at radius 1 is 1.31 bits per heavy atom. The number of unbranched alkanes of at least 4 members (excludes halogenated alkanes) is 2. The molecule has 0 saturated heterocycles. The minimum Gasteiger partial charge on any atom is -0.451 e. The molecule has 88 valence electrons. The van der Waals surface area contributed by atoms with Gasteiger partial charge in [-0.25, -0.2) is 0 Å². The van der Waals surface area contributed by atoms with Crippen LogP contribution in [-0.4, -0.2) is 5.97 Å². The first-order valence-electron chi connectivity index (χ1n) is 5.75. The Morgan fingerprint density at radius 3 is 2.56 bits per heavy atom. The van der Waals surface area contributed by atoms with Gasteiger partial charge in [-0.1, -0.05) is 56.5 Å². The van der Waals surface area contributed by atoms with Crippen molar-refractivity contribution in [2.24, 2.45) is 0 Å². The Balaban J connectivity index is 2.68. The van der Waals surface area contributed by atoms with Crippen LogP contribution in [0.25, 0.3) is 0 Å². The average molecular weight is 238 g/mol. The zero-order chi connectivity index (χ0) is 11.8. The van der Waals surface area contributed by atoms with Gasteiger partial charge in [0.15, 0.2) is 0 Å². The lowest BCUT2D eigenvalue weighted by Crippen LogP contribution is -2.12. The summed E-state index contributed by atoms with van der Waals surface area (Å²) in [5.74, 6) is -0.280. The molecule has 0 amide bonds. The SMILES string of the molecule is CCCCCC(C(=O)OP)c1ccccc1. The first kappa shape index (κ1) is 13.2. The monoisotopic (exact) mass is 238 g/mol. The van der Waals surface area contributed by atoms with Crippen molar-refractivity contribution in [3.63, 3.8) is 0 Å². The number of carbonyl (C=O) groups excluding carboxylic acids is 1. The summed E-state index contributed by atoms with van der Waals surface area (Å²) >= 11 is 0. The standard InChI is InChI=1S/C13H19O2P/c1-2-3-5-10-12(13(14)15-16)11-8-6-4-7-9-11/h4,6-9,12H,2-3,5,10,16H2,1H3. The fourth-order valence-corrected chi connectivity index (χ4v) is 1.95. The fourth-order valence-electron chi connectivity index (χ4n) is 1.79. The summed E-state index contributed by atoms with van der Waals surface area (Å²) in [5.41, 5.74) is 1.05. The third kappa shape index (κ3) is 3.94. The molecule has 16 heavy (non-hydrogen) atoms. The summed E-state index contributed by atoms with van der Waals surface area (Å²) < 4.78 is 4.78. The van der Waals surface area contributed by atoms with Crippen molar-refractivity contribution in [1.29, 1.82) is 0 Å². The topological polar surface area (TPSA) is 26.3 Å². The van der Waals surface area contributed by atoms with Crippen LogP contribution in [0.2, 0.25) is 0 Å². The van der Waals surface area contributed by atoms with Crippen molar-refractivity contribution in [3.05, 3.63) is 35.9 Å². The Bertz CT molecular complexity index is 311. The van der Waals surface area contributed by atoms with Crippen LogP contribution in [0.4, 0.5) is 0 Å². The number of hydrogen-bond acceptors (Lipinski definition) is 2. The predicted molar refractivity (Wildman–Crippen MR) is 69.1 cm³/mol. The summed E-state index contributed by atoms with van der Waals surface area (Å²) in [6, 6.07) is 9.84. The van der Waals surface area contributed by atoms with Crippen molar-refractivity contribution in [2.75, 3.05) is 0 Å². The molecule has 1 rings (SSSR count). The quantitative estimate of drug-likeness (QED) is 0.558. The van der Waals surface area contributed by atoms with E-state index in [9.17, 15) is 4.79 Å². The van der Waals surface area contributed by atoms with Crippen molar-refractivity contribution in [2.45, 2.75) is 38.5 Å². The van der Waals surface area contributed by atoms with E-state index in [0.29, 0.717) is 0 Å². The van der Waals surface area contributed by atoms with E-state index in [1.165, 1.54) is 0 Å². The molecule has 0 spiro atoms. The van der Waals surface area contributed by atoms with Crippen molar-refractivity contribution in [1.82, 2.24) is 0 Å². The van der Waals surface area contributed by atoms with Gasteiger partial charge in [-0.3, -0.25) is 4.79 Å². The molecule has 0 aliphatic carbocycles. The molecule has 0 heterocycles. The summed E-state index contributed by atoms with van der Waals surface area (Å²) in [6.45, 7) is 2.16. The minimum absolute atomic E-state index is 0.120. The van der Waals surface area contributed by atoms with Gasteiger partial charge in [-0.05, 0) is 12.0 Å². The van der Waals surface area contributed by atoms with Crippen LogP contribution in [0.3, 0.4) is 0 Å². The lowest BCUT2D eigenvalue weighted by molar-refractivity contribution is -0.135. The second-order valence-electron chi connectivity index (χ2n) is 3.90. The van der Waals surface area contributed by atoms with Crippen molar-refractivity contribution >= 4 is 15.4 Å².